The van der Waals surface area contributed by atoms with Crippen molar-refractivity contribution in [3.63, 3.8) is 0 Å². The number of aliphatic hydroxyl groups excluding tert-OH is 1. The first-order valence-corrected chi connectivity index (χ1v) is 5.57. The molecule has 0 fully saturated rings. The molecule has 84 valence electrons. The Balaban J connectivity index is 2.82. The number of benzene rings is 1. The van der Waals surface area contributed by atoms with Crippen LogP contribution in [0.5, 0.6) is 0 Å². The molecule has 15 heavy (non-hydrogen) atoms. The lowest BCUT2D eigenvalue weighted by Crippen LogP contribution is -2.26. The molecule has 2 nitrogen and oxygen atoms in total. The highest BCUT2D eigenvalue weighted by atomic mass is 35.5. The topological polar surface area (TPSA) is 46.2 Å². The predicted molar refractivity (Wildman–Crippen MR) is 63.8 cm³/mol. The first kappa shape index (κ1) is 12.5. The summed E-state index contributed by atoms with van der Waals surface area (Å²) in [5.74, 6) is 0.451. The van der Waals surface area contributed by atoms with Crippen LogP contribution in [0.2, 0.25) is 5.02 Å². The second kappa shape index (κ2) is 5.50. The van der Waals surface area contributed by atoms with Crippen molar-refractivity contribution in [2.24, 2.45) is 17.6 Å². The van der Waals surface area contributed by atoms with Gasteiger partial charge in [-0.1, -0.05) is 37.6 Å². The molecule has 1 aromatic rings. The lowest BCUT2D eigenvalue weighted by atomic mass is 9.87. The van der Waals surface area contributed by atoms with Crippen molar-refractivity contribution in [2.45, 2.75) is 20.0 Å². The Morgan fingerprint density at radius 3 is 2.20 bits per heavy atom. The second-order valence-corrected chi connectivity index (χ2v) is 4.58. The smallest absolute Gasteiger partial charge is 0.0832 e. The Kier molecular flexibility index (Phi) is 4.58. The average molecular weight is 228 g/mol. The van der Waals surface area contributed by atoms with Gasteiger partial charge in [0.2, 0.25) is 0 Å². The Bertz CT molecular complexity index is 297. The highest BCUT2D eigenvalue weighted by Gasteiger charge is 2.22. The molecule has 2 atom stereocenters. The molecular formula is C12H18ClNO. The quantitative estimate of drug-likeness (QED) is 0.831. The molecule has 0 aliphatic heterocycles. The molecule has 0 saturated heterocycles. The van der Waals surface area contributed by atoms with Crippen molar-refractivity contribution < 1.29 is 5.11 Å². The van der Waals surface area contributed by atoms with Crippen molar-refractivity contribution in [3.8, 4) is 0 Å². The van der Waals surface area contributed by atoms with E-state index in [-0.39, 0.29) is 5.92 Å². The minimum atomic E-state index is -0.507. The Labute approximate surface area is 96.1 Å². The minimum Gasteiger partial charge on any atom is -0.388 e. The normalized spacial score (nSPS) is 15.3. The molecule has 2 unspecified atom stereocenters. The van der Waals surface area contributed by atoms with Gasteiger partial charge in [-0.05, 0) is 30.2 Å². The first-order valence-electron chi connectivity index (χ1n) is 5.20. The molecule has 1 aromatic carbocycles. The summed E-state index contributed by atoms with van der Waals surface area (Å²) in [7, 11) is 0. The molecule has 0 amide bonds. The van der Waals surface area contributed by atoms with Crippen molar-refractivity contribution in [1.82, 2.24) is 0 Å². The van der Waals surface area contributed by atoms with Crippen molar-refractivity contribution in [2.75, 3.05) is 6.54 Å². The van der Waals surface area contributed by atoms with Gasteiger partial charge in [0.15, 0.2) is 0 Å². The summed E-state index contributed by atoms with van der Waals surface area (Å²) in [6.07, 6.45) is -0.507. The first-order chi connectivity index (χ1) is 7.06. The van der Waals surface area contributed by atoms with Gasteiger partial charge in [0.25, 0.3) is 0 Å². The fourth-order valence-electron chi connectivity index (χ4n) is 1.67. The molecule has 0 radical (unpaired) electrons. The van der Waals surface area contributed by atoms with E-state index in [1.165, 1.54) is 0 Å². The third-order valence-corrected chi connectivity index (χ3v) is 3.00. The average Bonchev–Trinajstić information content (AvgIpc) is 2.19. The Morgan fingerprint density at radius 1 is 1.27 bits per heavy atom. The zero-order chi connectivity index (χ0) is 11.4. The van der Waals surface area contributed by atoms with Gasteiger partial charge in [0.1, 0.15) is 0 Å². The minimum absolute atomic E-state index is 0.0891. The SMILES string of the molecule is CC(C)C(CN)C(O)c1ccc(Cl)cc1. The standard InChI is InChI=1S/C12H18ClNO/c1-8(2)11(7-14)12(15)9-3-5-10(13)6-4-9/h3-6,8,11-12,15H,7,14H2,1-2H3. The van der Waals surface area contributed by atoms with Gasteiger partial charge in [-0.25, -0.2) is 0 Å². The van der Waals surface area contributed by atoms with E-state index in [0.717, 1.165) is 5.56 Å². The molecule has 0 aromatic heterocycles. The number of nitrogens with two attached hydrogens (primary N) is 1. The third-order valence-electron chi connectivity index (χ3n) is 2.75. The van der Waals surface area contributed by atoms with E-state index in [1.807, 2.05) is 12.1 Å². The maximum atomic E-state index is 10.1. The van der Waals surface area contributed by atoms with Gasteiger partial charge in [0, 0.05) is 10.9 Å². The molecule has 0 aliphatic rings. The number of hydrogen-bond acceptors (Lipinski definition) is 2. The van der Waals surface area contributed by atoms with Gasteiger partial charge >= 0.3 is 0 Å². The van der Waals surface area contributed by atoms with Crippen LogP contribution < -0.4 is 5.73 Å². The summed E-state index contributed by atoms with van der Waals surface area (Å²) >= 11 is 5.79. The monoisotopic (exact) mass is 227 g/mol. The van der Waals surface area contributed by atoms with E-state index in [4.69, 9.17) is 17.3 Å². The summed E-state index contributed by atoms with van der Waals surface area (Å²) < 4.78 is 0. The molecular weight excluding hydrogens is 210 g/mol. The summed E-state index contributed by atoms with van der Waals surface area (Å²) in [4.78, 5) is 0. The summed E-state index contributed by atoms with van der Waals surface area (Å²) in [6.45, 7) is 4.62. The fraction of sp³-hybridized carbons (Fsp3) is 0.500. The summed E-state index contributed by atoms with van der Waals surface area (Å²) in [5, 5.41) is 10.8. The maximum Gasteiger partial charge on any atom is 0.0832 e. The zero-order valence-electron chi connectivity index (χ0n) is 9.15. The molecule has 3 N–H and O–H groups in total. The lowest BCUT2D eigenvalue weighted by molar-refractivity contribution is 0.0861. The van der Waals surface area contributed by atoms with Crippen LogP contribution in [0.1, 0.15) is 25.5 Å². The van der Waals surface area contributed by atoms with Crippen LogP contribution in [0, 0.1) is 11.8 Å². The van der Waals surface area contributed by atoms with Crippen LogP contribution in [-0.4, -0.2) is 11.7 Å². The van der Waals surface area contributed by atoms with Crippen LogP contribution in [0.25, 0.3) is 0 Å². The van der Waals surface area contributed by atoms with E-state index in [0.29, 0.717) is 17.5 Å². The molecule has 1 rings (SSSR count). The maximum absolute atomic E-state index is 10.1. The highest BCUT2D eigenvalue weighted by molar-refractivity contribution is 6.30. The molecule has 0 spiro atoms. The van der Waals surface area contributed by atoms with Crippen molar-refractivity contribution in [1.29, 1.82) is 0 Å². The highest BCUT2D eigenvalue weighted by Crippen LogP contribution is 2.27. The second-order valence-electron chi connectivity index (χ2n) is 4.14. The third kappa shape index (κ3) is 3.20. The van der Waals surface area contributed by atoms with E-state index >= 15 is 0 Å². The number of halogens is 1. The van der Waals surface area contributed by atoms with Gasteiger partial charge in [-0.15, -0.1) is 0 Å². The van der Waals surface area contributed by atoms with Crippen molar-refractivity contribution >= 4 is 11.6 Å². The molecule has 0 aliphatic carbocycles. The van der Waals surface area contributed by atoms with Crippen LogP contribution in [-0.2, 0) is 0 Å². The van der Waals surface area contributed by atoms with Crippen LogP contribution in [0.4, 0.5) is 0 Å². The number of aliphatic hydroxyl groups is 1. The van der Waals surface area contributed by atoms with E-state index in [9.17, 15) is 5.11 Å². The lowest BCUT2D eigenvalue weighted by Gasteiger charge is -2.25. The fourth-order valence-corrected chi connectivity index (χ4v) is 1.80. The van der Waals surface area contributed by atoms with E-state index in [1.54, 1.807) is 12.1 Å². The molecule has 0 heterocycles. The molecule has 3 heteroatoms. The van der Waals surface area contributed by atoms with E-state index in [2.05, 4.69) is 13.8 Å². The largest absolute Gasteiger partial charge is 0.388 e. The predicted octanol–water partition coefficient (Wildman–Crippen LogP) is 2.60. The van der Waals surface area contributed by atoms with Crippen LogP contribution in [0.15, 0.2) is 24.3 Å². The van der Waals surface area contributed by atoms with Gasteiger partial charge < -0.3 is 10.8 Å². The van der Waals surface area contributed by atoms with Gasteiger partial charge in [0.05, 0.1) is 6.10 Å². The number of rotatable bonds is 4. The van der Waals surface area contributed by atoms with Crippen LogP contribution >= 0.6 is 11.6 Å². The zero-order valence-corrected chi connectivity index (χ0v) is 9.91. The molecule has 0 bridgehead atoms. The Hall–Kier alpha value is -0.570. The summed E-state index contributed by atoms with van der Waals surface area (Å²) in [6, 6.07) is 7.26. The molecule has 0 saturated carbocycles. The van der Waals surface area contributed by atoms with Crippen molar-refractivity contribution in [3.05, 3.63) is 34.9 Å². The summed E-state index contributed by atoms with van der Waals surface area (Å²) in [5.41, 5.74) is 6.53. The van der Waals surface area contributed by atoms with Crippen LogP contribution in [0.3, 0.4) is 0 Å². The van der Waals surface area contributed by atoms with E-state index < -0.39 is 6.10 Å². The van der Waals surface area contributed by atoms with Gasteiger partial charge in [-0.2, -0.15) is 0 Å². The van der Waals surface area contributed by atoms with Gasteiger partial charge in [-0.3, -0.25) is 0 Å². The Morgan fingerprint density at radius 2 is 1.80 bits per heavy atom. The number of hydrogen-bond donors (Lipinski definition) is 2.